The third-order valence-electron chi connectivity index (χ3n) is 4.56. The van der Waals surface area contributed by atoms with E-state index in [2.05, 4.69) is 9.97 Å². The van der Waals surface area contributed by atoms with Crippen molar-refractivity contribution in [3.63, 3.8) is 0 Å². The van der Waals surface area contributed by atoms with E-state index >= 15 is 0 Å². The molecule has 6 heteroatoms. The van der Waals surface area contributed by atoms with E-state index in [1.54, 1.807) is 0 Å². The van der Waals surface area contributed by atoms with E-state index in [9.17, 15) is 4.79 Å². The Morgan fingerprint density at radius 1 is 1.32 bits per heavy atom. The molecule has 1 amide bonds. The van der Waals surface area contributed by atoms with Crippen LogP contribution in [0.15, 0.2) is 6.07 Å². The first-order valence-electron chi connectivity index (χ1n) is 8.00. The van der Waals surface area contributed by atoms with Gasteiger partial charge in [0, 0.05) is 17.9 Å². The molecule has 22 heavy (non-hydrogen) atoms. The molecule has 2 N–H and O–H groups in total. The summed E-state index contributed by atoms with van der Waals surface area (Å²) in [5, 5.41) is 0. The number of nitrogens with two attached hydrogens (primary N) is 1. The summed E-state index contributed by atoms with van der Waals surface area (Å²) in [6, 6.07) is 1.93. The number of carbonyl (C=O) groups is 1. The van der Waals surface area contributed by atoms with E-state index < -0.39 is 5.54 Å². The van der Waals surface area contributed by atoms with Gasteiger partial charge in [-0.05, 0) is 32.8 Å². The summed E-state index contributed by atoms with van der Waals surface area (Å²) in [6.45, 7) is 5.47. The average molecular weight is 304 g/mol. The van der Waals surface area contributed by atoms with Gasteiger partial charge in [0.15, 0.2) is 5.82 Å². The molecule has 1 atom stereocenters. The molecular formula is C16H24N4O2. The van der Waals surface area contributed by atoms with Gasteiger partial charge in [0.2, 0.25) is 5.91 Å². The molecule has 6 nitrogen and oxygen atoms in total. The second-order valence-electron chi connectivity index (χ2n) is 6.48. The van der Waals surface area contributed by atoms with Crippen molar-refractivity contribution in [3.8, 4) is 0 Å². The highest BCUT2D eigenvalue weighted by Gasteiger charge is 2.41. The number of aromatic nitrogens is 2. The molecule has 2 heterocycles. The lowest BCUT2D eigenvalue weighted by Gasteiger charge is -2.37. The molecule has 0 radical (unpaired) electrons. The fourth-order valence-electron chi connectivity index (χ4n) is 3.42. The lowest BCUT2D eigenvalue weighted by molar-refractivity contribution is -0.145. The SMILES string of the molecule is Cc1cc(C)nc(C2CN(C(=O)C3(N)CCCC3)CCO2)n1. The van der Waals surface area contributed by atoms with E-state index in [0.29, 0.717) is 25.5 Å². The predicted octanol–water partition coefficient (Wildman–Crippen LogP) is 1.26. The van der Waals surface area contributed by atoms with E-state index in [1.165, 1.54) is 0 Å². The Hall–Kier alpha value is -1.53. The number of aryl methyl sites for hydroxylation is 2. The number of amides is 1. The molecule has 1 aromatic rings. The fraction of sp³-hybridized carbons (Fsp3) is 0.688. The van der Waals surface area contributed by atoms with Crippen molar-refractivity contribution in [1.82, 2.24) is 14.9 Å². The first-order valence-corrected chi connectivity index (χ1v) is 8.00. The van der Waals surface area contributed by atoms with Crippen LogP contribution in [0.5, 0.6) is 0 Å². The lowest BCUT2D eigenvalue weighted by Crippen LogP contribution is -2.56. The van der Waals surface area contributed by atoms with Gasteiger partial charge >= 0.3 is 0 Å². The number of hydrogen-bond donors (Lipinski definition) is 1. The van der Waals surface area contributed by atoms with Crippen LogP contribution >= 0.6 is 0 Å². The van der Waals surface area contributed by atoms with Gasteiger partial charge in [-0.3, -0.25) is 4.79 Å². The maximum absolute atomic E-state index is 12.7. The van der Waals surface area contributed by atoms with Crippen molar-refractivity contribution in [1.29, 1.82) is 0 Å². The molecule has 1 saturated carbocycles. The van der Waals surface area contributed by atoms with Crippen molar-refractivity contribution >= 4 is 5.91 Å². The molecule has 120 valence electrons. The maximum Gasteiger partial charge on any atom is 0.242 e. The van der Waals surface area contributed by atoms with Gasteiger partial charge in [-0.15, -0.1) is 0 Å². The van der Waals surface area contributed by atoms with Gasteiger partial charge in [-0.2, -0.15) is 0 Å². The zero-order chi connectivity index (χ0) is 15.7. The molecule has 0 bridgehead atoms. The monoisotopic (exact) mass is 304 g/mol. The molecular weight excluding hydrogens is 280 g/mol. The second kappa shape index (κ2) is 5.93. The Bertz CT molecular complexity index is 549. The van der Waals surface area contributed by atoms with Crippen molar-refractivity contribution in [3.05, 3.63) is 23.3 Å². The highest BCUT2D eigenvalue weighted by molar-refractivity contribution is 5.86. The van der Waals surface area contributed by atoms with Gasteiger partial charge in [0.05, 0.1) is 18.7 Å². The smallest absolute Gasteiger partial charge is 0.242 e. The van der Waals surface area contributed by atoms with Gasteiger partial charge in [-0.25, -0.2) is 9.97 Å². The molecule has 1 aliphatic carbocycles. The summed E-state index contributed by atoms with van der Waals surface area (Å²) in [7, 11) is 0. The zero-order valence-electron chi connectivity index (χ0n) is 13.3. The molecule has 1 aliphatic heterocycles. The molecule has 1 saturated heterocycles. The van der Waals surface area contributed by atoms with Crippen LogP contribution in [0.2, 0.25) is 0 Å². The second-order valence-corrected chi connectivity index (χ2v) is 6.48. The van der Waals surface area contributed by atoms with Crippen LogP contribution in [0.1, 0.15) is 49.0 Å². The largest absolute Gasteiger partial charge is 0.367 e. The number of ether oxygens (including phenoxy) is 1. The Morgan fingerprint density at radius 3 is 2.59 bits per heavy atom. The number of morpholine rings is 1. The molecule has 2 fully saturated rings. The highest BCUT2D eigenvalue weighted by Crippen LogP contribution is 2.30. The first kappa shape index (κ1) is 15.4. The molecule has 1 unspecified atom stereocenters. The van der Waals surface area contributed by atoms with Crippen molar-refractivity contribution in [2.45, 2.75) is 51.2 Å². The van der Waals surface area contributed by atoms with Crippen LogP contribution < -0.4 is 5.73 Å². The standard InChI is InChI=1S/C16H24N4O2/c1-11-9-12(2)19-14(18-11)13-10-20(7-8-22-13)15(21)16(17)5-3-4-6-16/h9,13H,3-8,10,17H2,1-2H3. The van der Waals surface area contributed by atoms with Crippen LogP contribution in [-0.4, -0.2) is 46.0 Å². The minimum atomic E-state index is -0.675. The third kappa shape index (κ3) is 2.98. The Balaban J connectivity index is 1.75. The van der Waals surface area contributed by atoms with Gasteiger partial charge in [-0.1, -0.05) is 12.8 Å². The van der Waals surface area contributed by atoms with E-state index in [4.69, 9.17) is 10.5 Å². The van der Waals surface area contributed by atoms with Crippen LogP contribution in [0.3, 0.4) is 0 Å². The fourth-order valence-corrected chi connectivity index (χ4v) is 3.42. The normalized spacial score (nSPS) is 24.5. The number of rotatable bonds is 2. The van der Waals surface area contributed by atoms with Crippen molar-refractivity contribution in [2.75, 3.05) is 19.7 Å². The summed E-state index contributed by atoms with van der Waals surface area (Å²) >= 11 is 0. The third-order valence-corrected chi connectivity index (χ3v) is 4.56. The van der Waals surface area contributed by atoms with Crippen LogP contribution in [0, 0.1) is 13.8 Å². The zero-order valence-corrected chi connectivity index (χ0v) is 13.3. The van der Waals surface area contributed by atoms with E-state index in [0.717, 1.165) is 37.1 Å². The lowest BCUT2D eigenvalue weighted by atomic mass is 9.96. The number of carbonyl (C=O) groups excluding carboxylic acids is 1. The number of nitrogens with zero attached hydrogens (tertiary/aromatic N) is 3. The Morgan fingerprint density at radius 2 is 1.95 bits per heavy atom. The van der Waals surface area contributed by atoms with Gasteiger partial charge < -0.3 is 15.4 Å². The Labute approximate surface area is 131 Å². The quantitative estimate of drug-likeness (QED) is 0.889. The van der Waals surface area contributed by atoms with Gasteiger partial charge in [0.25, 0.3) is 0 Å². The molecule has 2 aliphatic rings. The summed E-state index contributed by atoms with van der Waals surface area (Å²) < 4.78 is 5.79. The maximum atomic E-state index is 12.7. The van der Waals surface area contributed by atoms with Crippen LogP contribution in [-0.2, 0) is 9.53 Å². The van der Waals surface area contributed by atoms with Crippen LogP contribution in [0.25, 0.3) is 0 Å². The minimum Gasteiger partial charge on any atom is -0.367 e. The van der Waals surface area contributed by atoms with Gasteiger partial charge in [0.1, 0.15) is 6.10 Å². The molecule has 0 aromatic carbocycles. The van der Waals surface area contributed by atoms with Crippen molar-refractivity contribution < 1.29 is 9.53 Å². The summed E-state index contributed by atoms with van der Waals surface area (Å²) in [4.78, 5) is 23.5. The predicted molar refractivity (Wildman–Crippen MR) is 82.2 cm³/mol. The minimum absolute atomic E-state index is 0.0580. The first-order chi connectivity index (χ1) is 10.5. The Kier molecular flexibility index (Phi) is 4.14. The highest BCUT2D eigenvalue weighted by atomic mass is 16.5. The van der Waals surface area contributed by atoms with Crippen molar-refractivity contribution in [2.24, 2.45) is 5.73 Å². The topological polar surface area (TPSA) is 81.3 Å². The molecule has 1 aromatic heterocycles. The summed E-state index contributed by atoms with van der Waals surface area (Å²) in [5.74, 6) is 0.718. The average Bonchev–Trinajstić information content (AvgIpc) is 2.94. The summed E-state index contributed by atoms with van der Waals surface area (Å²) in [6.07, 6.45) is 3.38. The van der Waals surface area contributed by atoms with Crippen LogP contribution in [0.4, 0.5) is 0 Å². The van der Waals surface area contributed by atoms with E-state index in [-0.39, 0.29) is 12.0 Å². The molecule has 0 spiro atoms. The van der Waals surface area contributed by atoms with E-state index in [1.807, 2.05) is 24.8 Å². The number of hydrogen-bond acceptors (Lipinski definition) is 5. The summed E-state index contributed by atoms with van der Waals surface area (Å²) in [5.41, 5.74) is 7.46. The molecule has 3 rings (SSSR count).